The molecule has 0 aliphatic carbocycles. The van der Waals surface area contributed by atoms with Crippen LogP contribution < -0.4 is 10.6 Å². The lowest BCUT2D eigenvalue weighted by Gasteiger charge is -2.29. The first-order valence-corrected chi connectivity index (χ1v) is 8.16. The summed E-state index contributed by atoms with van der Waals surface area (Å²) in [7, 11) is 1.37. The Bertz CT molecular complexity index is 374. The first-order valence-electron chi connectivity index (χ1n) is 8.16. The summed E-state index contributed by atoms with van der Waals surface area (Å²) in [6.45, 7) is 3.98. The van der Waals surface area contributed by atoms with Crippen LogP contribution in [0, 0.1) is 11.8 Å². The van der Waals surface area contributed by atoms with Crippen LogP contribution in [0.15, 0.2) is 0 Å². The summed E-state index contributed by atoms with van der Waals surface area (Å²) in [6, 6.07) is 0.658. The Labute approximate surface area is 127 Å². The summed E-state index contributed by atoms with van der Waals surface area (Å²) in [6.07, 6.45) is 5.99. The number of hydrogen-bond donors (Lipinski definition) is 2. The third-order valence-electron chi connectivity index (χ3n) is 5.03. The molecule has 0 aromatic carbocycles. The number of piperidine rings is 1. The van der Waals surface area contributed by atoms with Crippen molar-refractivity contribution in [2.24, 2.45) is 11.8 Å². The first kappa shape index (κ1) is 16.3. The molecular formula is C16H28N2O3. The van der Waals surface area contributed by atoms with Gasteiger partial charge >= 0.3 is 5.97 Å². The van der Waals surface area contributed by atoms with Gasteiger partial charge in [0, 0.05) is 18.5 Å². The van der Waals surface area contributed by atoms with E-state index in [1.807, 2.05) is 13.8 Å². The van der Waals surface area contributed by atoms with Crippen LogP contribution in [0.2, 0.25) is 0 Å². The van der Waals surface area contributed by atoms with Crippen molar-refractivity contribution in [2.75, 3.05) is 7.11 Å². The maximum absolute atomic E-state index is 12.3. The molecule has 2 saturated heterocycles. The predicted octanol–water partition coefficient (Wildman–Crippen LogP) is 1.61. The number of nitrogens with one attached hydrogen (secondary N) is 2. The zero-order chi connectivity index (χ0) is 15.4. The van der Waals surface area contributed by atoms with Crippen molar-refractivity contribution < 1.29 is 14.3 Å². The average molecular weight is 296 g/mol. The minimum Gasteiger partial charge on any atom is -0.467 e. The van der Waals surface area contributed by atoms with Gasteiger partial charge in [0.25, 0.3) is 0 Å². The van der Waals surface area contributed by atoms with Crippen molar-refractivity contribution in [3.63, 3.8) is 0 Å². The molecule has 2 N–H and O–H groups in total. The van der Waals surface area contributed by atoms with E-state index in [9.17, 15) is 9.59 Å². The van der Waals surface area contributed by atoms with E-state index < -0.39 is 6.04 Å². The molecule has 2 bridgehead atoms. The molecule has 0 radical (unpaired) electrons. The maximum Gasteiger partial charge on any atom is 0.328 e. The van der Waals surface area contributed by atoms with E-state index in [2.05, 4.69) is 10.6 Å². The van der Waals surface area contributed by atoms with Crippen LogP contribution in [0.4, 0.5) is 0 Å². The molecule has 4 atom stereocenters. The standard InChI is InChI=1S/C16H28N2O3/c1-4-10(2)15(16(20)21-3)18-14(19)9-11-7-12-5-6-13(8-11)17-12/h10-13,15,17H,4-9H2,1-3H3,(H,18,19)/t10-,11?,12?,13?,15-/m0/s1. The lowest BCUT2D eigenvalue weighted by molar-refractivity contribution is -0.146. The minimum absolute atomic E-state index is 0.0167. The summed E-state index contributed by atoms with van der Waals surface area (Å²) in [5, 5.41) is 6.47. The molecule has 2 aliphatic heterocycles. The van der Waals surface area contributed by atoms with Gasteiger partial charge < -0.3 is 15.4 Å². The van der Waals surface area contributed by atoms with Crippen LogP contribution in [0.25, 0.3) is 0 Å². The Morgan fingerprint density at radius 1 is 1.29 bits per heavy atom. The number of ether oxygens (including phenoxy) is 1. The average Bonchev–Trinajstić information content (AvgIpc) is 2.82. The summed E-state index contributed by atoms with van der Waals surface area (Å²) >= 11 is 0. The van der Waals surface area contributed by atoms with Crippen LogP contribution in [0.5, 0.6) is 0 Å². The number of carbonyl (C=O) groups is 2. The molecular weight excluding hydrogens is 268 g/mol. The van der Waals surface area contributed by atoms with E-state index in [1.54, 1.807) is 0 Å². The van der Waals surface area contributed by atoms with E-state index in [4.69, 9.17) is 4.74 Å². The van der Waals surface area contributed by atoms with Crippen LogP contribution in [-0.2, 0) is 14.3 Å². The highest BCUT2D eigenvalue weighted by Gasteiger charge is 2.35. The number of amides is 1. The van der Waals surface area contributed by atoms with Crippen molar-refractivity contribution in [2.45, 2.75) is 70.5 Å². The number of esters is 1. The zero-order valence-electron chi connectivity index (χ0n) is 13.4. The molecule has 5 nitrogen and oxygen atoms in total. The van der Waals surface area contributed by atoms with Crippen LogP contribution in [-0.4, -0.2) is 37.1 Å². The van der Waals surface area contributed by atoms with Gasteiger partial charge in [-0.05, 0) is 37.5 Å². The normalized spacial score (nSPS) is 30.5. The maximum atomic E-state index is 12.3. The molecule has 21 heavy (non-hydrogen) atoms. The van der Waals surface area contributed by atoms with Gasteiger partial charge in [-0.3, -0.25) is 4.79 Å². The summed E-state index contributed by atoms with van der Waals surface area (Å²) < 4.78 is 4.81. The van der Waals surface area contributed by atoms with Gasteiger partial charge in [0.15, 0.2) is 0 Å². The molecule has 2 unspecified atom stereocenters. The molecule has 0 aromatic heterocycles. The van der Waals surface area contributed by atoms with Crippen molar-refractivity contribution in [1.29, 1.82) is 0 Å². The Morgan fingerprint density at radius 2 is 1.90 bits per heavy atom. The van der Waals surface area contributed by atoms with Crippen LogP contribution >= 0.6 is 0 Å². The Balaban J connectivity index is 1.85. The topological polar surface area (TPSA) is 67.4 Å². The van der Waals surface area contributed by atoms with Crippen molar-refractivity contribution in [3.05, 3.63) is 0 Å². The second-order valence-electron chi connectivity index (χ2n) is 6.63. The van der Waals surface area contributed by atoms with E-state index in [1.165, 1.54) is 20.0 Å². The quantitative estimate of drug-likeness (QED) is 0.731. The number of methoxy groups -OCH3 is 1. The van der Waals surface area contributed by atoms with Crippen LogP contribution in [0.1, 0.15) is 52.4 Å². The Morgan fingerprint density at radius 3 is 2.43 bits per heavy atom. The highest BCUT2D eigenvalue weighted by Crippen LogP contribution is 2.32. The first-order chi connectivity index (χ1) is 10.0. The number of hydrogen-bond acceptors (Lipinski definition) is 4. The molecule has 0 spiro atoms. The summed E-state index contributed by atoms with van der Waals surface area (Å²) in [4.78, 5) is 24.1. The highest BCUT2D eigenvalue weighted by molar-refractivity contribution is 5.84. The van der Waals surface area contributed by atoms with Crippen molar-refractivity contribution >= 4 is 11.9 Å². The predicted molar refractivity (Wildman–Crippen MR) is 80.7 cm³/mol. The number of fused-ring (bicyclic) bond motifs is 2. The zero-order valence-corrected chi connectivity index (χ0v) is 13.4. The molecule has 120 valence electrons. The number of rotatable bonds is 6. The molecule has 0 saturated carbocycles. The lowest BCUT2D eigenvalue weighted by Crippen LogP contribution is -2.47. The fourth-order valence-electron chi connectivity index (χ4n) is 3.63. The Hall–Kier alpha value is -1.10. The lowest BCUT2D eigenvalue weighted by atomic mass is 9.89. The van der Waals surface area contributed by atoms with Gasteiger partial charge in [-0.2, -0.15) is 0 Å². The molecule has 2 fully saturated rings. The van der Waals surface area contributed by atoms with Gasteiger partial charge in [0.2, 0.25) is 5.91 Å². The molecule has 2 aliphatic rings. The Kier molecular flexibility index (Phi) is 5.62. The van der Waals surface area contributed by atoms with Crippen molar-refractivity contribution in [3.8, 4) is 0 Å². The van der Waals surface area contributed by atoms with Gasteiger partial charge in [-0.1, -0.05) is 20.3 Å². The molecule has 2 heterocycles. The SMILES string of the molecule is CC[C@H](C)[C@H](NC(=O)CC1CC2CCC(C1)N2)C(=O)OC. The van der Waals surface area contributed by atoms with Gasteiger partial charge in [-0.25, -0.2) is 4.79 Å². The van der Waals surface area contributed by atoms with Crippen molar-refractivity contribution in [1.82, 2.24) is 10.6 Å². The summed E-state index contributed by atoms with van der Waals surface area (Å²) in [5.41, 5.74) is 0. The second kappa shape index (κ2) is 7.25. The van der Waals surface area contributed by atoms with Crippen LogP contribution in [0.3, 0.4) is 0 Å². The van der Waals surface area contributed by atoms with E-state index in [0.717, 1.165) is 19.3 Å². The third kappa shape index (κ3) is 4.19. The molecule has 1 amide bonds. The largest absolute Gasteiger partial charge is 0.467 e. The monoisotopic (exact) mass is 296 g/mol. The second-order valence-corrected chi connectivity index (χ2v) is 6.63. The smallest absolute Gasteiger partial charge is 0.328 e. The minimum atomic E-state index is -0.522. The third-order valence-corrected chi connectivity index (χ3v) is 5.03. The van der Waals surface area contributed by atoms with E-state index in [-0.39, 0.29) is 17.8 Å². The van der Waals surface area contributed by atoms with E-state index >= 15 is 0 Å². The van der Waals surface area contributed by atoms with Gasteiger partial charge in [0.1, 0.15) is 6.04 Å². The van der Waals surface area contributed by atoms with E-state index in [0.29, 0.717) is 24.4 Å². The molecule has 5 heteroatoms. The number of carbonyl (C=O) groups excluding carboxylic acids is 2. The summed E-state index contributed by atoms with van der Waals surface area (Å²) in [5.74, 6) is 0.171. The van der Waals surface area contributed by atoms with Gasteiger partial charge in [-0.15, -0.1) is 0 Å². The molecule has 0 aromatic rings. The van der Waals surface area contributed by atoms with Gasteiger partial charge in [0.05, 0.1) is 7.11 Å². The highest BCUT2D eigenvalue weighted by atomic mass is 16.5. The fourth-order valence-corrected chi connectivity index (χ4v) is 3.63. The fraction of sp³-hybridized carbons (Fsp3) is 0.875. The molecule has 2 rings (SSSR count).